The quantitative estimate of drug-likeness (QED) is 0.836. The highest BCUT2D eigenvalue weighted by Gasteiger charge is 2.18. The van der Waals surface area contributed by atoms with Crippen LogP contribution in [0.25, 0.3) is 5.95 Å². The first-order valence-corrected chi connectivity index (χ1v) is 7.19. The predicted molar refractivity (Wildman–Crippen MR) is 76.6 cm³/mol. The minimum Gasteiger partial charge on any atom is -0.376 e. The monoisotopic (exact) mass is 309 g/mol. The van der Waals surface area contributed by atoms with Crippen LogP contribution >= 0.6 is 11.6 Å². The molecule has 0 radical (unpaired) electrons. The number of nitrogens with zero attached hydrogens (tertiary/aromatic N) is 7. The number of anilines is 1. The fraction of sp³-hybridized carbons (Fsp3) is 0.583. The molecule has 8 nitrogen and oxygen atoms in total. The molecule has 0 N–H and O–H groups in total. The topological polar surface area (TPSA) is 81.9 Å². The lowest BCUT2D eigenvalue weighted by Gasteiger charge is -2.27. The SMILES string of the molecule is CN(CC1CCCCO1)c1nc(Cl)nc(-n2cncn2)n1. The first kappa shape index (κ1) is 14.2. The molecule has 0 bridgehead atoms. The van der Waals surface area contributed by atoms with Crippen LogP contribution in [-0.4, -0.2) is 56.0 Å². The highest BCUT2D eigenvalue weighted by atomic mass is 35.5. The molecule has 0 spiro atoms. The second-order valence-electron chi connectivity index (χ2n) is 4.91. The molecule has 0 saturated carbocycles. The van der Waals surface area contributed by atoms with E-state index < -0.39 is 0 Å². The third-order valence-corrected chi connectivity index (χ3v) is 3.47. The van der Waals surface area contributed by atoms with E-state index in [2.05, 4.69) is 25.0 Å². The van der Waals surface area contributed by atoms with Crippen LogP contribution in [0.4, 0.5) is 5.95 Å². The predicted octanol–water partition coefficient (Wildman–Crippen LogP) is 1.11. The van der Waals surface area contributed by atoms with E-state index in [0.717, 1.165) is 26.0 Å². The average Bonchev–Trinajstić information content (AvgIpc) is 3.02. The van der Waals surface area contributed by atoms with Crippen LogP contribution in [0.5, 0.6) is 0 Å². The van der Waals surface area contributed by atoms with Crippen molar-refractivity contribution in [3.05, 3.63) is 17.9 Å². The third-order valence-electron chi connectivity index (χ3n) is 3.30. The molecule has 0 aliphatic carbocycles. The fourth-order valence-electron chi connectivity index (χ4n) is 2.25. The summed E-state index contributed by atoms with van der Waals surface area (Å²) in [5.41, 5.74) is 0. The van der Waals surface area contributed by atoms with E-state index in [9.17, 15) is 0 Å². The highest BCUT2D eigenvalue weighted by molar-refractivity contribution is 6.28. The molecule has 0 amide bonds. The Kier molecular flexibility index (Phi) is 4.26. The molecule has 1 fully saturated rings. The molecule has 9 heteroatoms. The number of rotatable bonds is 4. The maximum atomic E-state index is 5.97. The Hall–Kier alpha value is -1.80. The van der Waals surface area contributed by atoms with Gasteiger partial charge in [-0.2, -0.15) is 24.7 Å². The van der Waals surface area contributed by atoms with E-state index in [-0.39, 0.29) is 11.4 Å². The van der Waals surface area contributed by atoms with E-state index in [1.165, 1.54) is 23.8 Å². The Balaban J connectivity index is 1.77. The van der Waals surface area contributed by atoms with Crippen molar-refractivity contribution < 1.29 is 4.74 Å². The molecule has 2 aromatic rings. The molecule has 1 aliphatic rings. The van der Waals surface area contributed by atoms with Crippen molar-refractivity contribution in [2.24, 2.45) is 0 Å². The van der Waals surface area contributed by atoms with E-state index in [1.807, 2.05) is 11.9 Å². The second-order valence-corrected chi connectivity index (χ2v) is 5.25. The number of ether oxygens (including phenoxy) is 1. The Morgan fingerprint density at radius 3 is 3.00 bits per heavy atom. The summed E-state index contributed by atoms with van der Waals surface area (Å²) in [6.07, 6.45) is 6.51. The fourth-order valence-corrected chi connectivity index (χ4v) is 2.40. The van der Waals surface area contributed by atoms with Crippen molar-refractivity contribution >= 4 is 17.5 Å². The van der Waals surface area contributed by atoms with Gasteiger partial charge in [0, 0.05) is 20.2 Å². The van der Waals surface area contributed by atoms with Gasteiger partial charge in [-0.25, -0.2) is 4.98 Å². The van der Waals surface area contributed by atoms with Crippen LogP contribution in [0.3, 0.4) is 0 Å². The zero-order chi connectivity index (χ0) is 14.7. The highest BCUT2D eigenvalue weighted by Crippen LogP contribution is 2.17. The normalized spacial score (nSPS) is 18.7. The molecule has 3 heterocycles. The van der Waals surface area contributed by atoms with E-state index in [0.29, 0.717) is 11.9 Å². The number of hydrogen-bond donors (Lipinski definition) is 0. The van der Waals surface area contributed by atoms with Gasteiger partial charge in [-0.3, -0.25) is 0 Å². The van der Waals surface area contributed by atoms with Gasteiger partial charge in [0.2, 0.25) is 11.2 Å². The minimum absolute atomic E-state index is 0.127. The Labute approximate surface area is 127 Å². The molecule has 0 aromatic carbocycles. The van der Waals surface area contributed by atoms with Crippen molar-refractivity contribution in [3.8, 4) is 5.95 Å². The smallest absolute Gasteiger partial charge is 0.258 e. The molecule has 1 unspecified atom stereocenters. The number of likely N-dealkylation sites (N-methyl/N-ethyl adjacent to an activating group) is 1. The van der Waals surface area contributed by atoms with Gasteiger partial charge in [-0.05, 0) is 30.9 Å². The van der Waals surface area contributed by atoms with Gasteiger partial charge in [0.1, 0.15) is 12.7 Å². The van der Waals surface area contributed by atoms with Gasteiger partial charge in [0.25, 0.3) is 5.95 Å². The second kappa shape index (κ2) is 6.31. The van der Waals surface area contributed by atoms with Crippen molar-refractivity contribution in [1.82, 2.24) is 29.7 Å². The molecule has 21 heavy (non-hydrogen) atoms. The van der Waals surface area contributed by atoms with Crippen LogP contribution < -0.4 is 4.90 Å². The zero-order valence-corrected chi connectivity index (χ0v) is 12.4. The maximum Gasteiger partial charge on any atom is 0.258 e. The standard InChI is InChI=1S/C12H16ClN7O/c1-19(6-9-4-2-3-5-21-9)11-16-10(13)17-12(18-11)20-8-14-7-15-20/h7-9H,2-6H2,1H3. The Bertz CT molecular complexity index is 585. The minimum atomic E-state index is 0.127. The number of aromatic nitrogens is 6. The summed E-state index contributed by atoms with van der Waals surface area (Å²) in [6, 6.07) is 0. The molecular formula is C12H16ClN7O. The molecule has 112 valence electrons. The summed E-state index contributed by atoms with van der Waals surface area (Å²) in [7, 11) is 1.91. The summed E-state index contributed by atoms with van der Waals surface area (Å²) in [4.78, 5) is 18.4. The van der Waals surface area contributed by atoms with Crippen molar-refractivity contribution in [2.75, 3.05) is 25.1 Å². The summed E-state index contributed by atoms with van der Waals surface area (Å²) < 4.78 is 7.18. The van der Waals surface area contributed by atoms with Crippen molar-refractivity contribution in [3.63, 3.8) is 0 Å². The average molecular weight is 310 g/mol. The first-order valence-electron chi connectivity index (χ1n) is 6.81. The Morgan fingerprint density at radius 2 is 2.29 bits per heavy atom. The van der Waals surface area contributed by atoms with Crippen LogP contribution in [0.2, 0.25) is 5.28 Å². The molecule has 1 atom stereocenters. The molecule has 1 saturated heterocycles. The summed E-state index contributed by atoms with van der Waals surface area (Å²) in [5, 5.41) is 4.12. The zero-order valence-electron chi connectivity index (χ0n) is 11.7. The summed E-state index contributed by atoms with van der Waals surface area (Å²) in [5.74, 6) is 0.841. The van der Waals surface area contributed by atoms with Gasteiger partial charge in [0.15, 0.2) is 0 Å². The van der Waals surface area contributed by atoms with Crippen molar-refractivity contribution in [2.45, 2.75) is 25.4 Å². The lowest BCUT2D eigenvalue weighted by molar-refractivity contribution is 0.0214. The van der Waals surface area contributed by atoms with E-state index in [1.54, 1.807) is 0 Å². The van der Waals surface area contributed by atoms with Gasteiger partial charge < -0.3 is 9.64 Å². The van der Waals surface area contributed by atoms with Crippen LogP contribution in [0, 0.1) is 0 Å². The molecule has 3 rings (SSSR count). The Morgan fingerprint density at radius 1 is 1.38 bits per heavy atom. The largest absolute Gasteiger partial charge is 0.376 e. The van der Waals surface area contributed by atoms with E-state index >= 15 is 0 Å². The first-order chi connectivity index (χ1) is 10.2. The molecule has 1 aliphatic heterocycles. The number of hydrogen-bond acceptors (Lipinski definition) is 7. The van der Waals surface area contributed by atoms with Gasteiger partial charge in [-0.15, -0.1) is 0 Å². The van der Waals surface area contributed by atoms with E-state index in [4.69, 9.17) is 16.3 Å². The molecule has 2 aromatic heterocycles. The summed E-state index contributed by atoms with van der Waals surface area (Å²) in [6.45, 7) is 1.54. The van der Waals surface area contributed by atoms with Gasteiger partial charge in [0.05, 0.1) is 6.10 Å². The van der Waals surface area contributed by atoms with Crippen LogP contribution in [-0.2, 0) is 4.74 Å². The number of halogens is 1. The molecular weight excluding hydrogens is 294 g/mol. The van der Waals surface area contributed by atoms with Crippen LogP contribution in [0.15, 0.2) is 12.7 Å². The van der Waals surface area contributed by atoms with Crippen LogP contribution in [0.1, 0.15) is 19.3 Å². The summed E-state index contributed by atoms with van der Waals surface area (Å²) >= 11 is 5.97. The lowest BCUT2D eigenvalue weighted by atomic mass is 10.1. The van der Waals surface area contributed by atoms with Gasteiger partial charge >= 0.3 is 0 Å². The lowest BCUT2D eigenvalue weighted by Crippen LogP contribution is -2.34. The van der Waals surface area contributed by atoms with Gasteiger partial charge in [-0.1, -0.05) is 0 Å². The maximum absolute atomic E-state index is 5.97. The third kappa shape index (κ3) is 3.45. The van der Waals surface area contributed by atoms with Crippen molar-refractivity contribution in [1.29, 1.82) is 0 Å².